The molecule has 92 valence electrons. The molecular weight excluding hydrogens is 222 g/mol. The second-order valence-electron chi connectivity index (χ2n) is 3.56. The van der Waals surface area contributed by atoms with E-state index in [-0.39, 0.29) is 6.04 Å². The first-order valence-corrected chi connectivity index (χ1v) is 4.99. The van der Waals surface area contributed by atoms with Crippen molar-refractivity contribution in [3.63, 3.8) is 0 Å². The number of hydrogen-bond donors (Lipinski definition) is 4. The molecule has 2 aromatic rings. The van der Waals surface area contributed by atoms with Gasteiger partial charge in [-0.05, 0) is 0 Å². The molecule has 0 fully saturated rings. The number of hydrazine groups is 1. The first-order chi connectivity index (χ1) is 8.19. The summed E-state index contributed by atoms with van der Waals surface area (Å²) in [7, 11) is 3.38. The molecule has 0 saturated carbocycles. The molecule has 0 aliphatic rings. The van der Waals surface area contributed by atoms with Crippen LogP contribution < -0.4 is 21.7 Å². The molecule has 2 rings (SSSR count). The Labute approximate surface area is 97.9 Å². The fourth-order valence-corrected chi connectivity index (χ4v) is 1.76. The zero-order chi connectivity index (χ0) is 12.4. The Morgan fingerprint density at radius 2 is 2.29 bits per heavy atom. The number of nitrogens with two attached hydrogens (primary N) is 2. The Morgan fingerprint density at radius 3 is 2.82 bits per heavy atom. The molecule has 2 aromatic heterocycles. The van der Waals surface area contributed by atoms with Crippen LogP contribution in [0.1, 0.15) is 17.3 Å². The van der Waals surface area contributed by atoms with Gasteiger partial charge in [-0.25, -0.2) is 5.43 Å². The second-order valence-corrected chi connectivity index (χ2v) is 3.56. The molecule has 0 saturated heterocycles. The summed E-state index contributed by atoms with van der Waals surface area (Å²) in [6.07, 6.45) is 3.24. The molecule has 0 bridgehead atoms. The molecule has 0 aliphatic heterocycles. The van der Waals surface area contributed by atoms with Crippen molar-refractivity contribution in [1.29, 1.82) is 0 Å². The zero-order valence-electron chi connectivity index (χ0n) is 9.64. The van der Waals surface area contributed by atoms with Gasteiger partial charge in [0.05, 0.1) is 25.5 Å². The van der Waals surface area contributed by atoms with Gasteiger partial charge in [0.2, 0.25) is 0 Å². The number of aromatic amines is 1. The van der Waals surface area contributed by atoms with Crippen LogP contribution in [0.15, 0.2) is 12.4 Å². The van der Waals surface area contributed by atoms with E-state index in [2.05, 4.69) is 20.7 Å². The number of nitrogens with one attached hydrogen (secondary N) is 2. The maximum Gasteiger partial charge on any atom is 0.161 e. The van der Waals surface area contributed by atoms with Crippen molar-refractivity contribution in [3.8, 4) is 5.75 Å². The van der Waals surface area contributed by atoms with Crippen LogP contribution in [-0.2, 0) is 7.05 Å². The standard InChI is InChI=1S/C9H15N7O/c1-16-8(6(17-2)4-13-16)7(14-11)5-3-12-15-9(5)10/h3-4,7,14H,11H2,1-2H3,(H3,10,12,15). The number of hydrogen-bond acceptors (Lipinski definition) is 6. The number of methoxy groups -OCH3 is 1. The number of H-pyrrole nitrogens is 1. The predicted octanol–water partition coefficient (Wildman–Crippen LogP) is -0.713. The van der Waals surface area contributed by atoms with Crippen LogP contribution >= 0.6 is 0 Å². The van der Waals surface area contributed by atoms with E-state index in [4.69, 9.17) is 16.3 Å². The van der Waals surface area contributed by atoms with Crippen molar-refractivity contribution in [2.45, 2.75) is 6.04 Å². The number of rotatable bonds is 4. The minimum atomic E-state index is -0.337. The van der Waals surface area contributed by atoms with Gasteiger partial charge in [0.25, 0.3) is 0 Å². The average molecular weight is 237 g/mol. The SMILES string of the molecule is COc1cnn(C)c1C(NN)c1cn[nH]c1N. The highest BCUT2D eigenvalue weighted by molar-refractivity contribution is 5.45. The Morgan fingerprint density at radius 1 is 1.53 bits per heavy atom. The Bertz CT molecular complexity index is 503. The minimum absolute atomic E-state index is 0.337. The minimum Gasteiger partial charge on any atom is -0.493 e. The molecule has 0 aliphatic carbocycles. The van der Waals surface area contributed by atoms with Gasteiger partial charge in [-0.3, -0.25) is 15.6 Å². The lowest BCUT2D eigenvalue weighted by atomic mass is 10.1. The molecule has 2 heterocycles. The maximum absolute atomic E-state index is 5.78. The first-order valence-electron chi connectivity index (χ1n) is 4.99. The Balaban J connectivity index is 2.49. The van der Waals surface area contributed by atoms with E-state index in [1.807, 2.05) is 0 Å². The summed E-state index contributed by atoms with van der Waals surface area (Å²) in [5.74, 6) is 6.66. The summed E-state index contributed by atoms with van der Waals surface area (Å²) in [6, 6.07) is -0.337. The van der Waals surface area contributed by atoms with Gasteiger partial charge in [0, 0.05) is 12.6 Å². The van der Waals surface area contributed by atoms with Gasteiger partial charge < -0.3 is 10.5 Å². The summed E-state index contributed by atoms with van der Waals surface area (Å²) >= 11 is 0. The van der Waals surface area contributed by atoms with Crippen molar-refractivity contribution in [3.05, 3.63) is 23.7 Å². The molecule has 17 heavy (non-hydrogen) atoms. The summed E-state index contributed by atoms with van der Waals surface area (Å²) in [6.45, 7) is 0. The van der Waals surface area contributed by atoms with Crippen LogP contribution in [0.2, 0.25) is 0 Å². The molecule has 1 atom stereocenters. The van der Waals surface area contributed by atoms with E-state index in [1.165, 1.54) is 0 Å². The highest BCUT2D eigenvalue weighted by Gasteiger charge is 2.24. The number of ether oxygens (including phenoxy) is 1. The lowest BCUT2D eigenvalue weighted by molar-refractivity contribution is 0.401. The van der Waals surface area contributed by atoms with Crippen molar-refractivity contribution in [2.24, 2.45) is 12.9 Å². The summed E-state index contributed by atoms with van der Waals surface area (Å²) in [4.78, 5) is 0. The van der Waals surface area contributed by atoms with Gasteiger partial charge in [-0.2, -0.15) is 10.2 Å². The second kappa shape index (κ2) is 4.44. The number of anilines is 1. The van der Waals surface area contributed by atoms with Crippen LogP contribution in [0.5, 0.6) is 5.75 Å². The topological polar surface area (TPSA) is 120 Å². The molecule has 0 aromatic carbocycles. The molecule has 0 radical (unpaired) electrons. The normalized spacial score (nSPS) is 12.6. The monoisotopic (exact) mass is 237 g/mol. The number of aryl methyl sites for hydroxylation is 1. The van der Waals surface area contributed by atoms with Crippen molar-refractivity contribution in [1.82, 2.24) is 25.4 Å². The van der Waals surface area contributed by atoms with E-state index < -0.39 is 0 Å². The molecule has 0 amide bonds. The predicted molar refractivity (Wildman–Crippen MR) is 61.9 cm³/mol. The molecule has 0 spiro atoms. The molecule has 8 nitrogen and oxygen atoms in total. The first kappa shape index (κ1) is 11.4. The van der Waals surface area contributed by atoms with Gasteiger partial charge in [-0.1, -0.05) is 0 Å². The van der Waals surface area contributed by atoms with Crippen molar-refractivity contribution in [2.75, 3.05) is 12.8 Å². The van der Waals surface area contributed by atoms with Crippen LogP contribution in [0.4, 0.5) is 5.82 Å². The van der Waals surface area contributed by atoms with Crippen molar-refractivity contribution < 1.29 is 4.74 Å². The number of aromatic nitrogens is 4. The average Bonchev–Trinajstić information content (AvgIpc) is 2.89. The van der Waals surface area contributed by atoms with Crippen LogP contribution in [0.3, 0.4) is 0 Å². The quantitative estimate of drug-likeness (QED) is 0.412. The lowest BCUT2D eigenvalue weighted by Gasteiger charge is -2.16. The molecule has 6 N–H and O–H groups in total. The highest BCUT2D eigenvalue weighted by atomic mass is 16.5. The third-order valence-corrected chi connectivity index (χ3v) is 2.62. The van der Waals surface area contributed by atoms with Crippen molar-refractivity contribution >= 4 is 5.82 Å². The number of nitrogens with zero attached hydrogens (tertiary/aromatic N) is 3. The lowest BCUT2D eigenvalue weighted by Crippen LogP contribution is -2.31. The van der Waals surface area contributed by atoms with E-state index in [0.717, 1.165) is 11.3 Å². The summed E-state index contributed by atoms with van der Waals surface area (Å²) in [5, 5.41) is 10.7. The van der Waals surface area contributed by atoms with E-state index in [0.29, 0.717) is 11.6 Å². The van der Waals surface area contributed by atoms with E-state index >= 15 is 0 Å². The highest BCUT2D eigenvalue weighted by Crippen LogP contribution is 2.30. The Hall–Kier alpha value is -2.06. The smallest absolute Gasteiger partial charge is 0.161 e. The van der Waals surface area contributed by atoms with Gasteiger partial charge in [0.1, 0.15) is 11.5 Å². The third-order valence-electron chi connectivity index (χ3n) is 2.62. The number of nitrogen functional groups attached to an aromatic ring is 1. The molecule has 8 heteroatoms. The maximum atomic E-state index is 5.78. The summed E-state index contributed by atoms with van der Waals surface area (Å²) in [5.41, 5.74) is 9.99. The summed E-state index contributed by atoms with van der Waals surface area (Å²) < 4.78 is 6.91. The molecule has 1 unspecified atom stereocenters. The molecular formula is C9H15N7O. The van der Waals surface area contributed by atoms with Gasteiger partial charge in [-0.15, -0.1) is 0 Å². The van der Waals surface area contributed by atoms with E-state index in [1.54, 1.807) is 31.2 Å². The van der Waals surface area contributed by atoms with Crippen LogP contribution in [-0.4, -0.2) is 27.1 Å². The van der Waals surface area contributed by atoms with E-state index in [9.17, 15) is 0 Å². The Kier molecular flexibility index (Phi) is 2.98. The van der Waals surface area contributed by atoms with Gasteiger partial charge in [0.15, 0.2) is 5.75 Å². The zero-order valence-corrected chi connectivity index (χ0v) is 9.64. The van der Waals surface area contributed by atoms with Crippen LogP contribution in [0.25, 0.3) is 0 Å². The largest absolute Gasteiger partial charge is 0.493 e. The fourth-order valence-electron chi connectivity index (χ4n) is 1.76. The van der Waals surface area contributed by atoms with Crippen LogP contribution in [0, 0.1) is 0 Å². The van der Waals surface area contributed by atoms with Gasteiger partial charge >= 0.3 is 0 Å². The third kappa shape index (κ3) is 1.83. The fraction of sp³-hybridized carbons (Fsp3) is 0.333.